The summed E-state index contributed by atoms with van der Waals surface area (Å²) < 4.78 is 18.6. The van der Waals surface area contributed by atoms with Gasteiger partial charge in [0.2, 0.25) is 0 Å². The van der Waals surface area contributed by atoms with Crippen LogP contribution in [0.25, 0.3) is 0 Å². The minimum Gasteiger partial charge on any atom is -0.487 e. The van der Waals surface area contributed by atoms with Crippen LogP contribution in [0.2, 0.25) is 0 Å². The van der Waals surface area contributed by atoms with Crippen molar-refractivity contribution in [2.45, 2.75) is 31.9 Å². The van der Waals surface area contributed by atoms with E-state index in [1.54, 1.807) is 18.2 Å². The summed E-state index contributed by atoms with van der Waals surface area (Å²) >= 11 is 0. The summed E-state index contributed by atoms with van der Waals surface area (Å²) in [6, 6.07) is 8.07. The Bertz CT molecular complexity index is 730. The quantitative estimate of drug-likeness (QED) is 0.944. The summed E-state index contributed by atoms with van der Waals surface area (Å²) in [5.41, 5.74) is 1.12. The monoisotopic (exact) mass is 315 g/mol. The van der Waals surface area contributed by atoms with Crippen LogP contribution < -0.4 is 4.74 Å². The molecule has 1 aliphatic carbocycles. The zero-order valence-corrected chi connectivity index (χ0v) is 12.7. The molecular formula is C17H18FN3O2. The fourth-order valence-electron chi connectivity index (χ4n) is 3.58. The number of rotatable bonds is 4. The van der Waals surface area contributed by atoms with Gasteiger partial charge < -0.3 is 9.64 Å². The summed E-state index contributed by atoms with van der Waals surface area (Å²) in [6.45, 7) is 1.07. The van der Waals surface area contributed by atoms with Gasteiger partial charge in [-0.1, -0.05) is 6.07 Å². The molecule has 6 heteroatoms. The number of amides is 1. The van der Waals surface area contributed by atoms with Crippen LogP contribution in [0.1, 0.15) is 35.4 Å². The van der Waals surface area contributed by atoms with E-state index in [0.717, 1.165) is 19.4 Å². The summed E-state index contributed by atoms with van der Waals surface area (Å²) in [5.74, 6) is 0.764. The van der Waals surface area contributed by atoms with E-state index < -0.39 is 0 Å². The third-order valence-electron chi connectivity index (χ3n) is 4.71. The maximum Gasteiger partial charge on any atom is 0.274 e. The fourth-order valence-corrected chi connectivity index (χ4v) is 3.58. The van der Waals surface area contributed by atoms with E-state index in [1.165, 1.54) is 18.6 Å². The van der Waals surface area contributed by atoms with Crippen molar-refractivity contribution >= 4 is 5.91 Å². The molecule has 2 heterocycles. The number of nitrogens with zero attached hydrogens (tertiary/aromatic N) is 2. The lowest BCUT2D eigenvalue weighted by Crippen LogP contribution is -2.37. The molecule has 4 rings (SSSR count). The van der Waals surface area contributed by atoms with Crippen molar-refractivity contribution in [1.82, 2.24) is 15.1 Å². The molecule has 2 aliphatic rings. The Kier molecular flexibility index (Phi) is 3.52. The zero-order chi connectivity index (χ0) is 15.8. The largest absolute Gasteiger partial charge is 0.487 e. The van der Waals surface area contributed by atoms with Crippen molar-refractivity contribution in [2.75, 3.05) is 6.54 Å². The lowest BCUT2D eigenvalue weighted by Gasteiger charge is -2.26. The van der Waals surface area contributed by atoms with Crippen LogP contribution >= 0.6 is 0 Å². The van der Waals surface area contributed by atoms with Crippen LogP contribution in [0.15, 0.2) is 30.3 Å². The highest BCUT2D eigenvalue weighted by Gasteiger charge is 2.40. The van der Waals surface area contributed by atoms with Crippen molar-refractivity contribution in [2.24, 2.45) is 5.92 Å². The van der Waals surface area contributed by atoms with Gasteiger partial charge in [0.25, 0.3) is 5.91 Å². The Morgan fingerprint density at radius 1 is 1.39 bits per heavy atom. The summed E-state index contributed by atoms with van der Waals surface area (Å²) in [6.07, 6.45) is 3.48. The standard InChI is InChI=1S/C17H18FN3O2/c18-12-2-1-3-15(7-12)23-10-13-8-16(20-19-13)17(22)21-9-11-4-5-14(21)6-11/h1-3,7-8,11,14H,4-6,9-10H2,(H,19,20)/t11-,14-/m0/s1. The van der Waals surface area contributed by atoms with Gasteiger partial charge in [-0.25, -0.2) is 4.39 Å². The minimum atomic E-state index is -0.341. The van der Waals surface area contributed by atoms with Crippen LogP contribution in [0, 0.1) is 11.7 Å². The highest BCUT2D eigenvalue weighted by Crippen LogP contribution is 2.37. The molecule has 0 unspecified atom stereocenters. The van der Waals surface area contributed by atoms with Crippen LogP contribution in [-0.2, 0) is 6.61 Å². The number of fused-ring (bicyclic) bond motifs is 2. The summed E-state index contributed by atoms with van der Waals surface area (Å²) in [4.78, 5) is 14.5. The second-order valence-electron chi connectivity index (χ2n) is 6.31. The molecule has 2 fully saturated rings. The second kappa shape index (κ2) is 5.68. The molecule has 0 spiro atoms. The van der Waals surface area contributed by atoms with E-state index in [1.807, 2.05) is 4.90 Å². The van der Waals surface area contributed by atoms with Crippen LogP contribution in [0.3, 0.4) is 0 Å². The van der Waals surface area contributed by atoms with Gasteiger partial charge in [-0.05, 0) is 43.4 Å². The molecule has 1 amide bonds. The van der Waals surface area contributed by atoms with Crippen molar-refractivity contribution in [3.63, 3.8) is 0 Å². The van der Waals surface area contributed by atoms with Gasteiger partial charge in [0.1, 0.15) is 18.2 Å². The molecule has 1 aromatic heterocycles. The van der Waals surface area contributed by atoms with Gasteiger partial charge in [-0.15, -0.1) is 0 Å². The molecule has 5 nitrogen and oxygen atoms in total. The van der Waals surface area contributed by atoms with Crippen molar-refractivity contribution < 1.29 is 13.9 Å². The maximum absolute atomic E-state index is 13.1. The predicted octanol–water partition coefficient (Wildman–Crippen LogP) is 2.75. The lowest BCUT2D eigenvalue weighted by molar-refractivity contribution is 0.0697. The number of carbonyl (C=O) groups excluding carboxylic acids is 1. The number of benzene rings is 1. The van der Waals surface area contributed by atoms with Crippen molar-refractivity contribution in [3.8, 4) is 5.75 Å². The molecule has 1 saturated heterocycles. The second-order valence-corrected chi connectivity index (χ2v) is 6.31. The first-order chi connectivity index (χ1) is 11.2. The maximum atomic E-state index is 13.1. The highest BCUT2D eigenvalue weighted by atomic mass is 19.1. The molecule has 1 aromatic carbocycles. The molecule has 1 aliphatic heterocycles. The smallest absolute Gasteiger partial charge is 0.274 e. The van der Waals surface area contributed by atoms with Crippen LogP contribution in [0.5, 0.6) is 5.75 Å². The van der Waals surface area contributed by atoms with Crippen LogP contribution in [-0.4, -0.2) is 33.6 Å². The first kappa shape index (κ1) is 14.2. The molecule has 120 valence electrons. The van der Waals surface area contributed by atoms with E-state index in [2.05, 4.69) is 10.2 Å². The first-order valence-electron chi connectivity index (χ1n) is 7.92. The fraction of sp³-hybridized carbons (Fsp3) is 0.412. The van der Waals surface area contributed by atoms with Gasteiger partial charge >= 0.3 is 0 Å². The Labute approximate surface area is 133 Å². The molecule has 2 atom stereocenters. The molecule has 1 saturated carbocycles. The Balaban J connectivity index is 1.40. The number of ether oxygens (including phenoxy) is 1. The summed E-state index contributed by atoms with van der Waals surface area (Å²) in [5, 5.41) is 6.93. The van der Waals surface area contributed by atoms with Gasteiger partial charge in [0, 0.05) is 18.7 Å². The van der Waals surface area contributed by atoms with Gasteiger partial charge in [0.15, 0.2) is 5.69 Å². The summed E-state index contributed by atoms with van der Waals surface area (Å²) in [7, 11) is 0. The molecule has 2 aromatic rings. The Morgan fingerprint density at radius 2 is 2.30 bits per heavy atom. The van der Waals surface area contributed by atoms with E-state index in [0.29, 0.717) is 29.1 Å². The number of aromatic amines is 1. The number of nitrogens with one attached hydrogen (secondary N) is 1. The molecule has 1 N–H and O–H groups in total. The molecule has 2 bridgehead atoms. The van der Waals surface area contributed by atoms with E-state index in [-0.39, 0.29) is 18.3 Å². The number of H-pyrrole nitrogens is 1. The number of aromatic nitrogens is 2. The van der Waals surface area contributed by atoms with Gasteiger partial charge in [0.05, 0.1) is 5.69 Å². The topological polar surface area (TPSA) is 58.2 Å². The number of carbonyl (C=O) groups is 1. The number of halogens is 1. The number of hydrogen-bond acceptors (Lipinski definition) is 3. The minimum absolute atomic E-state index is 0.00884. The van der Waals surface area contributed by atoms with Crippen molar-refractivity contribution in [3.05, 3.63) is 47.5 Å². The van der Waals surface area contributed by atoms with Gasteiger partial charge in [-0.2, -0.15) is 5.10 Å². The highest BCUT2D eigenvalue weighted by molar-refractivity contribution is 5.92. The molecule has 23 heavy (non-hydrogen) atoms. The zero-order valence-electron chi connectivity index (χ0n) is 12.7. The predicted molar refractivity (Wildman–Crippen MR) is 81.5 cm³/mol. The normalized spacial score (nSPS) is 22.6. The first-order valence-corrected chi connectivity index (χ1v) is 7.92. The van der Waals surface area contributed by atoms with E-state index in [9.17, 15) is 9.18 Å². The average Bonchev–Trinajstić information content (AvgIpc) is 3.28. The number of likely N-dealkylation sites (tertiary alicyclic amines) is 1. The average molecular weight is 315 g/mol. The van der Waals surface area contributed by atoms with E-state index >= 15 is 0 Å². The van der Waals surface area contributed by atoms with Gasteiger partial charge in [-0.3, -0.25) is 9.89 Å². The van der Waals surface area contributed by atoms with Crippen molar-refractivity contribution in [1.29, 1.82) is 0 Å². The molecular weight excluding hydrogens is 297 g/mol. The third-order valence-corrected chi connectivity index (χ3v) is 4.71. The number of piperidine rings is 1. The SMILES string of the molecule is O=C(c1cc(COc2cccc(F)c2)[nH]n1)N1C[C@H]2CC[C@H]1C2. The Hall–Kier alpha value is -2.37. The number of hydrogen-bond donors (Lipinski definition) is 1. The van der Waals surface area contributed by atoms with E-state index in [4.69, 9.17) is 4.74 Å². The Morgan fingerprint density at radius 3 is 3.04 bits per heavy atom. The molecule has 0 radical (unpaired) electrons. The third kappa shape index (κ3) is 2.81. The lowest BCUT2D eigenvalue weighted by atomic mass is 10.1. The van der Waals surface area contributed by atoms with Crippen LogP contribution in [0.4, 0.5) is 4.39 Å².